The van der Waals surface area contributed by atoms with Gasteiger partial charge in [0.25, 0.3) is 0 Å². The predicted octanol–water partition coefficient (Wildman–Crippen LogP) is 1.70. The van der Waals surface area contributed by atoms with Crippen LogP contribution in [-0.2, 0) is 4.79 Å². The Labute approximate surface area is 113 Å². The molecule has 0 fully saturated rings. The van der Waals surface area contributed by atoms with Crippen molar-refractivity contribution in [3.63, 3.8) is 0 Å². The van der Waals surface area contributed by atoms with E-state index in [1.807, 2.05) is 12.1 Å². The summed E-state index contributed by atoms with van der Waals surface area (Å²) in [5, 5.41) is 0. The van der Waals surface area contributed by atoms with Gasteiger partial charge in [0.2, 0.25) is 5.91 Å². The summed E-state index contributed by atoms with van der Waals surface area (Å²) in [6.45, 7) is 2.09. The quantitative estimate of drug-likeness (QED) is 0.608. The van der Waals surface area contributed by atoms with Crippen LogP contribution in [0.4, 0.5) is 11.4 Å². The molecule has 0 aromatic heterocycles. The Morgan fingerprint density at radius 1 is 1.50 bits per heavy atom. The lowest BCUT2D eigenvalue weighted by Gasteiger charge is -2.21. The maximum absolute atomic E-state index is 12.1. The summed E-state index contributed by atoms with van der Waals surface area (Å²) < 4.78 is 0. The molecule has 0 spiro atoms. The number of rotatable bonds is 6. The van der Waals surface area contributed by atoms with Crippen LogP contribution in [-0.4, -0.2) is 30.5 Å². The van der Waals surface area contributed by atoms with Gasteiger partial charge < -0.3 is 16.4 Å². The van der Waals surface area contributed by atoms with E-state index in [9.17, 15) is 4.79 Å². The Hall–Kier alpha value is -1.20. The van der Waals surface area contributed by atoms with Gasteiger partial charge in [0.05, 0.1) is 6.04 Å². The monoisotopic (exact) mass is 267 g/mol. The van der Waals surface area contributed by atoms with Crippen LogP contribution in [0, 0.1) is 0 Å². The van der Waals surface area contributed by atoms with Gasteiger partial charge >= 0.3 is 0 Å². The predicted molar refractivity (Wildman–Crippen MR) is 79.9 cm³/mol. The second-order valence-electron chi connectivity index (χ2n) is 4.08. The highest BCUT2D eigenvalue weighted by Crippen LogP contribution is 2.17. The third-order valence-corrected chi connectivity index (χ3v) is 3.62. The van der Waals surface area contributed by atoms with Crippen molar-refractivity contribution >= 4 is 29.0 Å². The van der Waals surface area contributed by atoms with Crippen LogP contribution in [0.2, 0.25) is 0 Å². The number of nitrogens with two attached hydrogens (primary N) is 2. The number of thioether (sulfide) groups is 1. The number of amides is 1. The van der Waals surface area contributed by atoms with E-state index in [-0.39, 0.29) is 5.91 Å². The summed E-state index contributed by atoms with van der Waals surface area (Å²) in [4.78, 5) is 13.7. The van der Waals surface area contributed by atoms with E-state index in [1.165, 1.54) is 0 Å². The first-order valence-corrected chi connectivity index (χ1v) is 7.18. The van der Waals surface area contributed by atoms with E-state index < -0.39 is 6.04 Å². The minimum absolute atomic E-state index is 0.0719. The second kappa shape index (κ2) is 7.28. The molecular weight excluding hydrogens is 246 g/mol. The first kappa shape index (κ1) is 14.9. The first-order valence-electron chi connectivity index (χ1n) is 6.02. The standard InChI is InChI=1S/C13H21N3OS/c1-3-18-8-7-12(15)13(17)16(2)11-6-4-5-10(14)9-11/h4-6,9,12H,3,7-8,14-15H2,1-2H3. The average molecular weight is 267 g/mol. The normalized spacial score (nSPS) is 12.2. The van der Waals surface area contributed by atoms with Crippen LogP contribution in [0.5, 0.6) is 0 Å². The summed E-state index contributed by atoms with van der Waals surface area (Å²) >= 11 is 1.79. The van der Waals surface area contributed by atoms with Gasteiger partial charge in [-0.1, -0.05) is 13.0 Å². The fraction of sp³-hybridized carbons (Fsp3) is 0.462. The van der Waals surface area contributed by atoms with Crippen LogP contribution in [0.1, 0.15) is 13.3 Å². The highest BCUT2D eigenvalue weighted by molar-refractivity contribution is 7.99. The lowest BCUT2D eigenvalue weighted by molar-refractivity contribution is -0.119. The Morgan fingerprint density at radius 2 is 2.22 bits per heavy atom. The molecule has 5 heteroatoms. The molecule has 100 valence electrons. The van der Waals surface area contributed by atoms with Crippen LogP contribution < -0.4 is 16.4 Å². The molecule has 1 aromatic carbocycles. The summed E-state index contributed by atoms with van der Waals surface area (Å²) in [7, 11) is 1.73. The Kier molecular flexibility index (Phi) is 6.01. The van der Waals surface area contributed by atoms with Crippen molar-refractivity contribution in [1.82, 2.24) is 0 Å². The zero-order valence-electron chi connectivity index (χ0n) is 10.9. The zero-order valence-corrected chi connectivity index (χ0v) is 11.7. The van der Waals surface area contributed by atoms with Crippen molar-refractivity contribution < 1.29 is 4.79 Å². The largest absolute Gasteiger partial charge is 0.399 e. The molecule has 0 aliphatic rings. The Balaban J connectivity index is 2.60. The molecule has 1 rings (SSSR count). The van der Waals surface area contributed by atoms with E-state index in [1.54, 1.807) is 35.8 Å². The van der Waals surface area contributed by atoms with Gasteiger partial charge in [-0.05, 0) is 36.1 Å². The molecular formula is C13H21N3OS. The minimum atomic E-state index is -0.449. The molecule has 0 aliphatic carbocycles. The molecule has 0 bridgehead atoms. The fourth-order valence-electron chi connectivity index (χ4n) is 1.59. The molecule has 0 radical (unpaired) electrons. The van der Waals surface area contributed by atoms with Gasteiger partial charge in [-0.15, -0.1) is 0 Å². The molecule has 0 saturated carbocycles. The molecule has 0 aliphatic heterocycles. The van der Waals surface area contributed by atoms with Gasteiger partial charge in [-0.3, -0.25) is 4.79 Å². The van der Waals surface area contributed by atoms with Gasteiger partial charge in [0, 0.05) is 18.4 Å². The van der Waals surface area contributed by atoms with E-state index >= 15 is 0 Å². The fourth-order valence-corrected chi connectivity index (χ4v) is 2.30. The zero-order chi connectivity index (χ0) is 13.5. The van der Waals surface area contributed by atoms with Crippen LogP contribution in [0.15, 0.2) is 24.3 Å². The van der Waals surface area contributed by atoms with Gasteiger partial charge in [-0.2, -0.15) is 11.8 Å². The minimum Gasteiger partial charge on any atom is -0.399 e. The molecule has 1 aromatic rings. The van der Waals surface area contributed by atoms with Crippen LogP contribution >= 0.6 is 11.8 Å². The summed E-state index contributed by atoms with van der Waals surface area (Å²) in [5.41, 5.74) is 13.0. The highest BCUT2D eigenvalue weighted by atomic mass is 32.2. The topological polar surface area (TPSA) is 72.4 Å². The Morgan fingerprint density at radius 3 is 2.83 bits per heavy atom. The molecule has 1 atom stereocenters. The van der Waals surface area contributed by atoms with E-state index in [0.717, 1.165) is 17.2 Å². The molecule has 0 saturated heterocycles. The van der Waals surface area contributed by atoms with Crippen molar-refractivity contribution in [3.05, 3.63) is 24.3 Å². The van der Waals surface area contributed by atoms with E-state index in [2.05, 4.69) is 6.92 Å². The average Bonchev–Trinajstić information content (AvgIpc) is 2.37. The van der Waals surface area contributed by atoms with Crippen molar-refractivity contribution in [3.8, 4) is 0 Å². The number of hydrogen-bond acceptors (Lipinski definition) is 4. The van der Waals surface area contributed by atoms with Crippen molar-refractivity contribution in [1.29, 1.82) is 0 Å². The number of carbonyl (C=O) groups is 1. The molecule has 4 N–H and O–H groups in total. The van der Waals surface area contributed by atoms with E-state index in [4.69, 9.17) is 11.5 Å². The SMILES string of the molecule is CCSCCC(N)C(=O)N(C)c1cccc(N)c1. The summed E-state index contributed by atoms with van der Waals surface area (Å²) in [5.74, 6) is 1.89. The van der Waals surface area contributed by atoms with Crippen molar-refractivity contribution in [2.75, 3.05) is 29.2 Å². The number of nitrogen functional groups attached to an aromatic ring is 1. The number of benzene rings is 1. The lowest BCUT2D eigenvalue weighted by Crippen LogP contribution is -2.42. The number of nitrogens with zero attached hydrogens (tertiary/aromatic N) is 1. The lowest BCUT2D eigenvalue weighted by atomic mass is 10.2. The maximum atomic E-state index is 12.1. The number of anilines is 2. The summed E-state index contributed by atoms with van der Waals surface area (Å²) in [6.07, 6.45) is 0.698. The third kappa shape index (κ3) is 4.23. The molecule has 18 heavy (non-hydrogen) atoms. The van der Waals surface area contributed by atoms with E-state index in [0.29, 0.717) is 12.1 Å². The third-order valence-electron chi connectivity index (χ3n) is 2.68. The van der Waals surface area contributed by atoms with Gasteiger partial charge in [0.15, 0.2) is 0 Å². The second-order valence-corrected chi connectivity index (χ2v) is 5.48. The molecule has 0 heterocycles. The van der Waals surface area contributed by atoms with Crippen LogP contribution in [0.3, 0.4) is 0 Å². The van der Waals surface area contributed by atoms with Crippen molar-refractivity contribution in [2.45, 2.75) is 19.4 Å². The molecule has 1 unspecified atom stereocenters. The maximum Gasteiger partial charge on any atom is 0.243 e. The Bertz CT molecular complexity index is 398. The van der Waals surface area contributed by atoms with Crippen molar-refractivity contribution in [2.24, 2.45) is 5.73 Å². The first-order chi connectivity index (χ1) is 8.56. The van der Waals surface area contributed by atoms with Gasteiger partial charge in [-0.25, -0.2) is 0 Å². The van der Waals surface area contributed by atoms with Gasteiger partial charge in [0.1, 0.15) is 0 Å². The smallest absolute Gasteiger partial charge is 0.243 e. The number of hydrogen-bond donors (Lipinski definition) is 2. The number of carbonyl (C=O) groups excluding carboxylic acids is 1. The molecule has 1 amide bonds. The van der Waals surface area contributed by atoms with Crippen LogP contribution in [0.25, 0.3) is 0 Å². The summed E-state index contributed by atoms with van der Waals surface area (Å²) in [6, 6.07) is 6.79. The molecule has 4 nitrogen and oxygen atoms in total. The highest BCUT2D eigenvalue weighted by Gasteiger charge is 2.18. The number of likely N-dealkylation sites (N-methyl/N-ethyl adjacent to an activating group) is 1.